The van der Waals surface area contributed by atoms with Crippen LogP contribution < -0.4 is 5.32 Å². The predicted octanol–water partition coefficient (Wildman–Crippen LogP) is -0.178. The van der Waals surface area contributed by atoms with Crippen molar-refractivity contribution in [3.05, 3.63) is 0 Å². The third-order valence-electron chi connectivity index (χ3n) is 1.39. The molecule has 66 valence electrons. The van der Waals surface area contributed by atoms with Gasteiger partial charge in [0.2, 0.25) is 0 Å². The minimum Gasteiger partial charge on any atom is -0.481 e. The number of nitrogens with one attached hydrogen (secondary N) is 1. The molecular weight excluding hydrogens is 146 g/mol. The van der Waals surface area contributed by atoms with Crippen LogP contribution in [0.15, 0.2) is 0 Å². The molecule has 0 aromatic rings. The van der Waals surface area contributed by atoms with Gasteiger partial charge in [0.1, 0.15) is 0 Å². The topological polar surface area (TPSA) is 69.6 Å². The molecule has 0 aliphatic heterocycles. The van der Waals surface area contributed by atoms with Gasteiger partial charge in [0.05, 0.1) is 6.42 Å². The summed E-state index contributed by atoms with van der Waals surface area (Å²) in [5.41, 5.74) is 0. The molecule has 0 aliphatic carbocycles. The highest BCUT2D eigenvalue weighted by atomic mass is 16.4. The smallest absolute Gasteiger partial charge is 0.304 e. The first kappa shape index (κ1) is 10.4. The third kappa shape index (κ3) is 5.82. The Bertz CT molecular complexity index is 110. The van der Waals surface area contributed by atoms with Gasteiger partial charge in [-0.3, -0.25) is 4.79 Å². The lowest BCUT2D eigenvalue weighted by Crippen LogP contribution is -2.32. The number of carbonyl (C=O) groups is 1. The predicted molar refractivity (Wildman–Crippen MR) is 41.4 cm³/mol. The van der Waals surface area contributed by atoms with Crippen LogP contribution in [-0.4, -0.2) is 35.4 Å². The van der Waals surface area contributed by atoms with Crippen molar-refractivity contribution in [2.45, 2.75) is 25.8 Å². The summed E-state index contributed by atoms with van der Waals surface area (Å²) in [6.07, 6.45) is 0.578. The van der Waals surface area contributed by atoms with Gasteiger partial charge < -0.3 is 15.5 Å². The van der Waals surface area contributed by atoms with Crippen LogP contribution in [0.1, 0.15) is 19.8 Å². The first-order chi connectivity index (χ1) is 5.20. The van der Waals surface area contributed by atoms with E-state index < -0.39 is 5.97 Å². The van der Waals surface area contributed by atoms with Gasteiger partial charge in [-0.25, -0.2) is 0 Å². The first-order valence-electron chi connectivity index (χ1n) is 3.76. The number of hydrogen-bond acceptors (Lipinski definition) is 3. The fraction of sp³-hybridized carbons (Fsp3) is 0.857. The first-order valence-corrected chi connectivity index (χ1v) is 3.76. The molecule has 0 amide bonds. The Hall–Kier alpha value is -0.610. The Kier molecular flexibility index (Phi) is 5.78. The van der Waals surface area contributed by atoms with Crippen LogP contribution in [0.4, 0.5) is 0 Å². The monoisotopic (exact) mass is 161 g/mol. The van der Waals surface area contributed by atoms with Crippen molar-refractivity contribution in [1.29, 1.82) is 0 Å². The molecule has 0 aromatic heterocycles. The van der Waals surface area contributed by atoms with Crippen LogP contribution >= 0.6 is 0 Å². The Morgan fingerprint density at radius 1 is 1.64 bits per heavy atom. The molecular formula is C7H15NO3. The van der Waals surface area contributed by atoms with Gasteiger partial charge in [-0.1, -0.05) is 6.92 Å². The van der Waals surface area contributed by atoms with Crippen molar-refractivity contribution in [1.82, 2.24) is 5.32 Å². The molecule has 4 heteroatoms. The van der Waals surface area contributed by atoms with Gasteiger partial charge in [-0.15, -0.1) is 0 Å². The maximum atomic E-state index is 10.2. The lowest BCUT2D eigenvalue weighted by atomic mass is 10.1. The highest BCUT2D eigenvalue weighted by molar-refractivity contribution is 5.67. The van der Waals surface area contributed by atoms with Gasteiger partial charge in [0.15, 0.2) is 0 Å². The second-order valence-electron chi connectivity index (χ2n) is 2.36. The van der Waals surface area contributed by atoms with E-state index in [0.29, 0.717) is 6.42 Å². The Morgan fingerprint density at radius 3 is 2.64 bits per heavy atom. The zero-order chi connectivity index (χ0) is 8.69. The van der Waals surface area contributed by atoms with Crippen molar-refractivity contribution >= 4 is 5.97 Å². The molecule has 0 rings (SSSR count). The molecule has 0 spiro atoms. The number of hydrogen-bond donors (Lipinski definition) is 3. The Balaban J connectivity index is 3.59. The van der Waals surface area contributed by atoms with E-state index in [1.807, 2.05) is 6.92 Å². The standard InChI is InChI=1S/C7H15NO3/c1-2-8-6(3-4-9)5-7(10)11/h6,8-9H,2-5H2,1H3,(H,10,11)/t6-/m0/s1. The molecule has 0 radical (unpaired) electrons. The molecule has 0 saturated heterocycles. The largest absolute Gasteiger partial charge is 0.481 e. The number of aliphatic carboxylic acids is 1. The average Bonchev–Trinajstić information content (AvgIpc) is 1.87. The molecule has 4 nitrogen and oxygen atoms in total. The maximum absolute atomic E-state index is 10.2. The van der Waals surface area contributed by atoms with Crippen LogP contribution in [0.2, 0.25) is 0 Å². The van der Waals surface area contributed by atoms with Gasteiger partial charge >= 0.3 is 5.97 Å². The van der Waals surface area contributed by atoms with Gasteiger partial charge in [-0.05, 0) is 13.0 Å². The molecule has 3 N–H and O–H groups in total. The Morgan fingerprint density at radius 2 is 2.27 bits per heavy atom. The molecule has 11 heavy (non-hydrogen) atoms. The number of carboxylic acids is 1. The number of aliphatic hydroxyl groups excluding tert-OH is 1. The summed E-state index contributed by atoms with van der Waals surface area (Å²) in [6.45, 7) is 2.68. The average molecular weight is 161 g/mol. The van der Waals surface area contributed by atoms with E-state index in [1.165, 1.54) is 0 Å². The fourth-order valence-electron chi connectivity index (χ4n) is 0.932. The SMILES string of the molecule is CCN[C@@H](CCO)CC(=O)O. The van der Waals surface area contributed by atoms with Crippen molar-refractivity contribution in [2.75, 3.05) is 13.2 Å². The summed E-state index contributed by atoms with van der Waals surface area (Å²) in [7, 11) is 0. The minimum absolute atomic E-state index is 0.0327. The van der Waals surface area contributed by atoms with Gasteiger partial charge in [-0.2, -0.15) is 0 Å². The fourth-order valence-corrected chi connectivity index (χ4v) is 0.932. The molecule has 0 aromatic carbocycles. The van der Waals surface area contributed by atoms with Crippen molar-refractivity contribution in [2.24, 2.45) is 0 Å². The Labute approximate surface area is 66.2 Å². The zero-order valence-corrected chi connectivity index (χ0v) is 6.71. The van der Waals surface area contributed by atoms with E-state index in [9.17, 15) is 4.79 Å². The van der Waals surface area contributed by atoms with E-state index in [-0.39, 0.29) is 19.1 Å². The quantitative estimate of drug-likeness (QED) is 0.505. The highest BCUT2D eigenvalue weighted by Gasteiger charge is 2.10. The summed E-state index contributed by atoms with van der Waals surface area (Å²) < 4.78 is 0. The summed E-state index contributed by atoms with van der Waals surface area (Å²) in [6, 6.07) is -0.0949. The molecule has 0 bridgehead atoms. The van der Waals surface area contributed by atoms with Gasteiger partial charge in [0, 0.05) is 12.6 Å². The summed E-state index contributed by atoms with van der Waals surface area (Å²) in [5.74, 6) is -0.829. The van der Waals surface area contributed by atoms with Crippen molar-refractivity contribution in [3.8, 4) is 0 Å². The van der Waals surface area contributed by atoms with E-state index in [4.69, 9.17) is 10.2 Å². The number of carboxylic acid groups (broad SMARTS) is 1. The summed E-state index contributed by atoms with van der Waals surface area (Å²) in [4.78, 5) is 10.2. The van der Waals surface area contributed by atoms with Crippen LogP contribution in [0.5, 0.6) is 0 Å². The minimum atomic E-state index is -0.829. The highest BCUT2D eigenvalue weighted by Crippen LogP contribution is 1.96. The van der Waals surface area contributed by atoms with Crippen LogP contribution in [-0.2, 0) is 4.79 Å². The number of rotatable bonds is 6. The molecule has 0 heterocycles. The van der Waals surface area contributed by atoms with E-state index in [1.54, 1.807) is 0 Å². The summed E-state index contributed by atoms with van der Waals surface area (Å²) in [5, 5.41) is 19.9. The van der Waals surface area contributed by atoms with Crippen molar-refractivity contribution < 1.29 is 15.0 Å². The van der Waals surface area contributed by atoms with E-state index >= 15 is 0 Å². The second kappa shape index (κ2) is 6.12. The summed E-state index contributed by atoms with van der Waals surface area (Å²) >= 11 is 0. The lowest BCUT2D eigenvalue weighted by Gasteiger charge is -2.13. The van der Waals surface area contributed by atoms with Crippen LogP contribution in [0.3, 0.4) is 0 Å². The normalized spacial score (nSPS) is 12.9. The van der Waals surface area contributed by atoms with E-state index in [2.05, 4.69) is 5.32 Å². The van der Waals surface area contributed by atoms with Crippen molar-refractivity contribution in [3.63, 3.8) is 0 Å². The van der Waals surface area contributed by atoms with Gasteiger partial charge in [0.25, 0.3) is 0 Å². The maximum Gasteiger partial charge on any atom is 0.304 e. The molecule has 0 aliphatic rings. The molecule has 0 saturated carbocycles. The zero-order valence-electron chi connectivity index (χ0n) is 6.71. The lowest BCUT2D eigenvalue weighted by molar-refractivity contribution is -0.137. The van der Waals surface area contributed by atoms with Crippen LogP contribution in [0, 0.1) is 0 Å². The van der Waals surface area contributed by atoms with E-state index in [0.717, 1.165) is 6.54 Å². The molecule has 0 fully saturated rings. The molecule has 1 atom stereocenters. The third-order valence-corrected chi connectivity index (χ3v) is 1.39. The molecule has 0 unspecified atom stereocenters. The second-order valence-corrected chi connectivity index (χ2v) is 2.36. The number of aliphatic hydroxyl groups is 1. The van der Waals surface area contributed by atoms with Crippen LogP contribution in [0.25, 0.3) is 0 Å².